The van der Waals surface area contributed by atoms with Crippen LogP contribution in [0.5, 0.6) is 0 Å². The maximum absolute atomic E-state index is 12.8. The fourth-order valence-electron chi connectivity index (χ4n) is 3.93. The zero-order chi connectivity index (χ0) is 15.1. The van der Waals surface area contributed by atoms with Crippen LogP contribution >= 0.6 is 0 Å². The lowest BCUT2D eigenvalue weighted by Gasteiger charge is -2.29. The molecule has 1 atom stereocenters. The molecule has 120 valence electrons. The van der Waals surface area contributed by atoms with Gasteiger partial charge in [0.05, 0.1) is 0 Å². The van der Waals surface area contributed by atoms with Crippen molar-refractivity contribution in [3.63, 3.8) is 0 Å². The fourth-order valence-corrected chi connectivity index (χ4v) is 3.93. The number of aromatic nitrogens is 4. The van der Waals surface area contributed by atoms with Gasteiger partial charge in [-0.2, -0.15) is 0 Å². The Labute approximate surface area is 131 Å². The number of amides is 1. The summed E-state index contributed by atoms with van der Waals surface area (Å²) in [5.74, 6) is 2.28. The van der Waals surface area contributed by atoms with Crippen molar-refractivity contribution in [1.82, 2.24) is 25.1 Å². The second-order valence-electron chi connectivity index (χ2n) is 7.29. The van der Waals surface area contributed by atoms with E-state index in [0.29, 0.717) is 30.5 Å². The highest BCUT2D eigenvalue weighted by Gasteiger charge is 2.41. The minimum Gasteiger partial charge on any atom is -0.335 e. The second-order valence-corrected chi connectivity index (χ2v) is 7.29. The minimum absolute atomic E-state index is 0.202. The Bertz CT molecular complexity index is 542. The molecule has 1 aromatic heterocycles. The van der Waals surface area contributed by atoms with E-state index < -0.39 is 0 Å². The maximum atomic E-state index is 12.8. The third-order valence-corrected chi connectivity index (χ3v) is 5.54. The monoisotopic (exact) mass is 303 g/mol. The lowest BCUT2D eigenvalue weighted by Crippen LogP contribution is -2.43. The number of nitrogens with zero attached hydrogens (tertiary/aromatic N) is 5. The number of tetrazole rings is 1. The molecule has 3 aliphatic carbocycles. The fraction of sp³-hybridized carbons (Fsp3) is 0.875. The Hall–Kier alpha value is -1.46. The van der Waals surface area contributed by atoms with E-state index in [1.54, 1.807) is 4.68 Å². The minimum atomic E-state index is 0.202. The second kappa shape index (κ2) is 5.63. The molecule has 6 heteroatoms. The lowest BCUT2D eigenvalue weighted by atomic mass is 10.1. The molecule has 1 aromatic rings. The van der Waals surface area contributed by atoms with E-state index in [0.717, 1.165) is 31.5 Å². The summed E-state index contributed by atoms with van der Waals surface area (Å²) in [5.41, 5.74) is 0. The highest BCUT2D eigenvalue weighted by atomic mass is 16.2. The van der Waals surface area contributed by atoms with Crippen molar-refractivity contribution >= 4 is 5.91 Å². The Morgan fingerprint density at radius 1 is 1.23 bits per heavy atom. The third-order valence-electron chi connectivity index (χ3n) is 5.54. The van der Waals surface area contributed by atoms with Crippen molar-refractivity contribution in [2.45, 2.75) is 82.8 Å². The normalized spacial score (nSPS) is 23.7. The average Bonchev–Trinajstić information content (AvgIpc) is 3.41. The van der Waals surface area contributed by atoms with Crippen molar-refractivity contribution in [2.24, 2.45) is 5.92 Å². The summed E-state index contributed by atoms with van der Waals surface area (Å²) in [5, 5.41) is 12.1. The highest BCUT2D eigenvalue weighted by Crippen LogP contribution is 2.40. The van der Waals surface area contributed by atoms with Gasteiger partial charge in [-0.1, -0.05) is 12.8 Å². The van der Waals surface area contributed by atoms with Crippen LogP contribution in [-0.4, -0.2) is 43.1 Å². The van der Waals surface area contributed by atoms with Gasteiger partial charge in [0.1, 0.15) is 6.54 Å². The summed E-state index contributed by atoms with van der Waals surface area (Å²) in [6.45, 7) is 2.53. The zero-order valence-corrected chi connectivity index (χ0v) is 13.3. The van der Waals surface area contributed by atoms with E-state index in [1.807, 2.05) is 0 Å². The van der Waals surface area contributed by atoms with Crippen LogP contribution in [0, 0.1) is 5.92 Å². The first-order valence-electron chi connectivity index (χ1n) is 8.81. The average molecular weight is 303 g/mol. The van der Waals surface area contributed by atoms with E-state index in [-0.39, 0.29) is 5.91 Å². The lowest BCUT2D eigenvalue weighted by molar-refractivity contribution is -0.135. The molecule has 1 heterocycles. The standard InChI is InChI=1S/C16H25N5O/c1-11(12-6-7-12)21(14-8-9-14)15(22)10-20-16(17-18-19-20)13-4-2-3-5-13/h11-14H,2-10H2,1H3/t11-/m0/s1. The van der Waals surface area contributed by atoms with E-state index >= 15 is 0 Å². The molecule has 0 N–H and O–H groups in total. The van der Waals surface area contributed by atoms with Crippen molar-refractivity contribution in [2.75, 3.05) is 0 Å². The smallest absolute Gasteiger partial charge is 0.244 e. The summed E-state index contributed by atoms with van der Waals surface area (Å²) in [4.78, 5) is 15.0. The maximum Gasteiger partial charge on any atom is 0.244 e. The van der Waals surface area contributed by atoms with Crippen LogP contribution in [0.4, 0.5) is 0 Å². The predicted octanol–water partition coefficient (Wildman–Crippen LogP) is 2.12. The van der Waals surface area contributed by atoms with Crippen LogP contribution in [0.3, 0.4) is 0 Å². The topological polar surface area (TPSA) is 63.9 Å². The molecule has 0 bridgehead atoms. The summed E-state index contributed by atoms with van der Waals surface area (Å²) in [6.07, 6.45) is 9.67. The number of hydrogen-bond acceptors (Lipinski definition) is 4. The molecule has 1 amide bonds. The largest absolute Gasteiger partial charge is 0.335 e. The van der Waals surface area contributed by atoms with E-state index in [4.69, 9.17) is 0 Å². The number of rotatable bonds is 6. The van der Waals surface area contributed by atoms with Crippen LogP contribution in [0.2, 0.25) is 0 Å². The molecule has 0 spiro atoms. The first-order valence-corrected chi connectivity index (χ1v) is 8.81. The van der Waals surface area contributed by atoms with Crippen molar-refractivity contribution in [3.05, 3.63) is 5.82 Å². The van der Waals surface area contributed by atoms with Crippen LogP contribution in [-0.2, 0) is 11.3 Å². The van der Waals surface area contributed by atoms with Gasteiger partial charge < -0.3 is 4.90 Å². The molecule has 0 saturated heterocycles. The molecular formula is C16H25N5O. The van der Waals surface area contributed by atoms with Crippen LogP contribution in [0.1, 0.15) is 70.0 Å². The van der Waals surface area contributed by atoms with Gasteiger partial charge in [-0.05, 0) is 61.8 Å². The molecule has 3 aliphatic rings. The van der Waals surface area contributed by atoms with E-state index in [9.17, 15) is 4.79 Å². The molecule has 0 aliphatic heterocycles. The van der Waals surface area contributed by atoms with Gasteiger partial charge in [0.15, 0.2) is 5.82 Å². The van der Waals surface area contributed by atoms with Gasteiger partial charge in [0.25, 0.3) is 0 Å². The van der Waals surface area contributed by atoms with Gasteiger partial charge in [-0.25, -0.2) is 4.68 Å². The Kier molecular flexibility index (Phi) is 3.62. The molecule has 0 unspecified atom stereocenters. The highest BCUT2D eigenvalue weighted by molar-refractivity contribution is 5.77. The molecule has 22 heavy (non-hydrogen) atoms. The molecular weight excluding hydrogens is 278 g/mol. The van der Waals surface area contributed by atoms with Gasteiger partial charge in [-0.15, -0.1) is 5.10 Å². The van der Waals surface area contributed by atoms with Gasteiger partial charge in [-0.3, -0.25) is 4.79 Å². The summed E-state index contributed by atoms with van der Waals surface area (Å²) in [7, 11) is 0. The van der Waals surface area contributed by atoms with E-state index in [2.05, 4.69) is 27.3 Å². The Balaban J connectivity index is 1.47. The van der Waals surface area contributed by atoms with E-state index in [1.165, 1.54) is 25.7 Å². The third kappa shape index (κ3) is 2.75. The molecule has 0 radical (unpaired) electrons. The zero-order valence-electron chi connectivity index (χ0n) is 13.3. The number of carbonyl (C=O) groups excluding carboxylic acids is 1. The molecule has 3 saturated carbocycles. The number of carbonyl (C=O) groups is 1. The Morgan fingerprint density at radius 3 is 2.59 bits per heavy atom. The quantitative estimate of drug-likeness (QED) is 0.807. The van der Waals surface area contributed by atoms with Crippen molar-refractivity contribution < 1.29 is 4.79 Å². The summed E-state index contributed by atoms with van der Waals surface area (Å²) < 4.78 is 1.76. The summed E-state index contributed by atoms with van der Waals surface area (Å²) >= 11 is 0. The van der Waals surface area contributed by atoms with Crippen LogP contribution in [0.25, 0.3) is 0 Å². The SMILES string of the molecule is C[C@@H](C1CC1)N(C(=O)Cn1nnnc1C1CCCC1)C1CC1. The first kappa shape index (κ1) is 14.2. The van der Waals surface area contributed by atoms with Gasteiger partial charge in [0, 0.05) is 18.0 Å². The molecule has 3 fully saturated rings. The van der Waals surface area contributed by atoms with Crippen molar-refractivity contribution in [1.29, 1.82) is 0 Å². The molecule has 4 rings (SSSR count). The number of hydrogen-bond donors (Lipinski definition) is 0. The van der Waals surface area contributed by atoms with Crippen LogP contribution in [0.15, 0.2) is 0 Å². The van der Waals surface area contributed by atoms with Gasteiger partial charge >= 0.3 is 0 Å². The predicted molar refractivity (Wildman–Crippen MR) is 81.1 cm³/mol. The molecule has 6 nitrogen and oxygen atoms in total. The first-order chi connectivity index (χ1) is 10.7. The molecule has 0 aromatic carbocycles. The van der Waals surface area contributed by atoms with Crippen molar-refractivity contribution in [3.8, 4) is 0 Å². The van der Waals surface area contributed by atoms with Gasteiger partial charge in [0.2, 0.25) is 5.91 Å². The summed E-state index contributed by atoms with van der Waals surface area (Å²) in [6, 6.07) is 0.848. The Morgan fingerprint density at radius 2 is 1.95 bits per heavy atom. The van der Waals surface area contributed by atoms with Crippen LogP contribution < -0.4 is 0 Å².